The molecule has 0 aromatic carbocycles. The SMILES string of the molecule is CNC1CCC(N2CCC(C)(C(N)=O)C2)CC1. The third-order valence-electron chi connectivity index (χ3n) is 4.72. The van der Waals surface area contributed by atoms with E-state index < -0.39 is 0 Å². The van der Waals surface area contributed by atoms with Crippen molar-refractivity contribution in [2.45, 2.75) is 51.1 Å². The van der Waals surface area contributed by atoms with Crippen molar-refractivity contribution in [1.82, 2.24) is 10.2 Å². The molecule has 0 bridgehead atoms. The second kappa shape index (κ2) is 4.94. The molecule has 4 nitrogen and oxygen atoms in total. The van der Waals surface area contributed by atoms with Crippen molar-refractivity contribution in [3.8, 4) is 0 Å². The van der Waals surface area contributed by atoms with E-state index in [9.17, 15) is 4.79 Å². The average molecular weight is 239 g/mol. The van der Waals surface area contributed by atoms with E-state index in [2.05, 4.69) is 10.2 Å². The van der Waals surface area contributed by atoms with Crippen LogP contribution in [0, 0.1) is 5.41 Å². The summed E-state index contributed by atoms with van der Waals surface area (Å²) in [6, 6.07) is 1.36. The number of nitrogens with zero attached hydrogens (tertiary/aromatic N) is 1. The largest absolute Gasteiger partial charge is 0.369 e. The van der Waals surface area contributed by atoms with E-state index in [1.54, 1.807) is 0 Å². The molecule has 17 heavy (non-hydrogen) atoms. The monoisotopic (exact) mass is 239 g/mol. The minimum atomic E-state index is -0.292. The van der Waals surface area contributed by atoms with Gasteiger partial charge in [0.25, 0.3) is 0 Å². The maximum atomic E-state index is 11.4. The van der Waals surface area contributed by atoms with Gasteiger partial charge in [-0.05, 0) is 52.6 Å². The Hall–Kier alpha value is -0.610. The molecule has 0 aromatic rings. The van der Waals surface area contributed by atoms with Gasteiger partial charge in [0, 0.05) is 18.6 Å². The van der Waals surface area contributed by atoms with Crippen LogP contribution >= 0.6 is 0 Å². The first kappa shape index (κ1) is 12.8. The van der Waals surface area contributed by atoms with Crippen molar-refractivity contribution in [2.75, 3.05) is 20.1 Å². The van der Waals surface area contributed by atoms with Crippen LogP contribution in [0.5, 0.6) is 0 Å². The molecule has 0 aromatic heterocycles. The number of hydrogen-bond acceptors (Lipinski definition) is 3. The maximum absolute atomic E-state index is 11.4. The number of hydrogen-bond donors (Lipinski definition) is 2. The topological polar surface area (TPSA) is 58.4 Å². The van der Waals surface area contributed by atoms with E-state index in [4.69, 9.17) is 5.73 Å². The van der Waals surface area contributed by atoms with Gasteiger partial charge in [-0.25, -0.2) is 0 Å². The molecular weight excluding hydrogens is 214 g/mol. The Labute approximate surface area is 104 Å². The van der Waals surface area contributed by atoms with Crippen molar-refractivity contribution in [3.05, 3.63) is 0 Å². The van der Waals surface area contributed by atoms with E-state index in [1.165, 1.54) is 25.7 Å². The van der Waals surface area contributed by atoms with E-state index in [-0.39, 0.29) is 11.3 Å². The number of nitrogens with one attached hydrogen (secondary N) is 1. The molecule has 0 spiro atoms. The Morgan fingerprint density at radius 3 is 2.47 bits per heavy atom. The standard InChI is InChI=1S/C13H25N3O/c1-13(12(14)17)7-8-16(9-13)11-5-3-10(15-2)4-6-11/h10-11,15H,3-9H2,1-2H3,(H2,14,17). The normalized spacial score (nSPS) is 39.4. The summed E-state index contributed by atoms with van der Waals surface area (Å²) in [6.45, 7) is 3.90. The van der Waals surface area contributed by atoms with E-state index >= 15 is 0 Å². The zero-order valence-electron chi connectivity index (χ0n) is 11.0. The summed E-state index contributed by atoms with van der Waals surface area (Å²) < 4.78 is 0. The Kier molecular flexibility index (Phi) is 3.73. The quantitative estimate of drug-likeness (QED) is 0.763. The molecule has 1 heterocycles. The molecule has 2 rings (SSSR count). The molecule has 1 saturated heterocycles. The number of nitrogens with two attached hydrogens (primary N) is 1. The van der Waals surface area contributed by atoms with Gasteiger partial charge in [0.1, 0.15) is 0 Å². The van der Waals surface area contributed by atoms with Crippen LogP contribution in [0.1, 0.15) is 39.0 Å². The van der Waals surface area contributed by atoms with Gasteiger partial charge in [0.15, 0.2) is 0 Å². The predicted molar refractivity (Wildman–Crippen MR) is 68.6 cm³/mol. The van der Waals surface area contributed by atoms with E-state index in [0.717, 1.165) is 19.5 Å². The van der Waals surface area contributed by atoms with Crippen LogP contribution in [0.15, 0.2) is 0 Å². The number of rotatable bonds is 3. The van der Waals surface area contributed by atoms with Crippen LogP contribution < -0.4 is 11.1 Å². The van der Waals surface area contributed by atoms with Crippen LogP contribution in [0.4, 0.5) is 0 Å². The van der Waals surface area contributed by atoms with Crippen LogP contribution in [-0.2, 0) is 4.79 Å². The first-order chi connectivity index (χ1) is 8.05. The Bertz CT molecular complexity index is 286. The van der Waals surface area contributed by atoms with Gasteiger partial charge in [-0.3, -0.25) is 9.69 Å². The van der Waals surface area contributed by atoms with Gasteiger partial charge >= 0.3 is 0 Å². The number of carbonyl (C=O) groups excluding carboxylic acids is 1. The van der Waals surface area contributed by atoms with Gasteiger partial charge in [0.05, 0.1) is 5.41 Å². The fourth-order valence-electron chi connectivity index (χ4n) is 3.24. The molecule has 4 heteroatoms. The summed E-state index contributed by atoms with van der Waals surface area (Å²) in [5.41, 5.74) is 5.20. The lowest BCUT2D eigenvalue weighted by Gasteiger charge is -2.35. The van der Waals surface area contributed by atoms with Crippen molar-refractivity contribution in [1.29, 1.82) is 0 Å². The van der Waals surface area contributed by atoms with Gasteiger partial charge in [-0.1, -0.05) is 0 Å². The second-order valence-electron chi connectivity index (χ2n) is 5.94. The fourth-order valence-corrected chi connectivity index (χ4v) is 3.24. The summed E-state index contributed by atoms with van der Waals surface area (Å²) in [5.74, 6) is -0.135. The molecule has 1 aliphatic heterocycles. The zero-order chi connectivity index (χ0) is 12.5. The molecule has 1 saturated carbocycles. The van der Waals surface area contributed by atoms with Crippen molar-refractivity contribution < 1.29 is 4.79 Å². The Morgan fingerprint density at radius 2 is 2.00 bits per heavy atom. The molecule has 1 aliphatic carbocycles. The molecule has 2 aliphatic rings. The zero-order valence-corrected chi connectivity index (χ0v) is 11.0. The predicted octanol–water partition coefficient (Wildman–Crippen LogP) is 0.714. The van der Waals surface area contributed by atoms with Crippen LogP contribution in [0.3, 0.4) is 0 Å². The Balaban J connectivity index is 1.87. The summed E-state index contributed by atoms with van der Waals surface area (Å²) in [7, 11) is 2.05. The first-order valence-corrected chi connectivity index (χ1v) is 6.76. The van der Waals surface area contributed by atoms with Crippen molar-refractivity contribution >= 4 is 5.91 Å². The van der Waals surface area contributed by atoms with Crippen molar-refractivity contribution in [3.63, 3.8) is 0 Å². The highest BCUT2D eigenvalue weighted by Gasteiger charge is 2.41. The van der Waals surface area contributed by atoms with Gasteiger partial charge in [-0.15, -0.1) is 0 Å². The van der Waals surface area contributed by atoms with Crippen LogP contribution in [0.2, 0.25) is 0 Å². The lowest BCUT2D eigenvalue weighted by Crippen LogP contribution is -2.43. The number of likely N-dealkylation sites (tertiary alicyclic amines) is 1. The minimum absolute atomic E-state index is 0.135. The minimum Gasteiger partial charge on any atom is -0.369 e. The van der Waals surface area contributed by atoms with E-state index in [1.807, 2.05) is 14.0 Å². The molecule has 1 unspecified atom stereocenters. The highest BCUT2D eigenvalue weighted by molar-refractivity contribution is 5.81. The van der Waals surface area contributed by atoms with Crippen LogP contribution in [0.25, 0.3) is 0 Å². The Morgan fingerprint density at radius 1 is 1.35 bits per heavy atom. The summed E-state index contributed by atoms with van der Waals surface area (Å²) in [4.78, 5) is 13.9. The smallest absolute Gasteiger partial charge is 0.224 e. The molecule has 1 amide bonds. The molecule has 2 fully saturated rings. The third-order valence-corrected chi connectivity index (χ3v) is 4.72. The second-order valence-corrected chi connectivity index (χ2v) is 5.94. The highest BCUT2D eigenvalue weighted by atomic mass is 16.1. The fraction of sp³-hybridized carbons (Fsp3) is 0.923. The van der Waals surface area contributed by atoms with Crippen molar-refractivity contribution in [2.24, 2.45) is 11.1 Å². The molecule has 98 valence electrons. The van der Waals surface area contributed by atoms with E-state index in [0.29, 0.717) is 12.1 Å². The summed E-state index contributed by atoms with van der Waals surface area (Å²) >= 11 is 0. The third kappa shape index (κ3) is 2.63. The number of amides is 1. The maximum Gasteiger partial charge on any atom is 0.224 e. The molecular formula is C13H25N3O. The van der Waals surface area contributed by atoms with Gasteiger partial charge < -0.3 is 11.1 Å². The molecule has 3 N–H and O–H groups in total. The molecule has 1 atom stereocenters. The van der Waals surface area contributed by atoms with Crippen LogP contribution in [-0.4, -0.2) is 43.0 Å². The van der Waals surface area contributed by atoms with Gasteiger partial charge in [0.2, 0.25) is 5.91 Å². The number of carbonyl (C=O) groups is 1. The first-order valence-electron chi connectivity index (χ1n) is 6.76. The number of primary amides is 1. The van der Waals surface area contributed by atoms with Gasteiger partial charge in [-0.2, -0.15) is 0 Å². The molecule has 0 radical (unpaired) electrons. The summed E-state index contributed by atoms with van der Waals surface area (Å²) in [5, 5.41) is 3.36. The highest BCUT2D eigenvalue weighted by Crippen LogP contribution is 2.34. The summed E-state index contributed by atoms with van der Waals surface area (Å²) in [6.07, 6.45) is 5.94. The average Bonchev–Trinajstić information content (AvgIpc) is 2.74. The lowest BCUT2D eigenvalue weighted by molar-refractivity contribution is -0.126. The lowest BCUT2D eigenvalue weighted by atomic mass is 9.88.